The molecular weight excluding hydrogens is 190 g/mol. The van der Waals surface area contributed by atoms with E-state index in [1.54, 1.807) is 10.9 Å². The standard InChI is InChI=1S/C10H15N5/c1-3-14-6-9(5-12-14)7-15-10(11)8(2)4-13-15/h4-6H,3,7,11H2,1-2H3. The first kappa shape index (κ1) is 9.76. The molecule has 0 radical (unpaired) electrons. The molecule has 0 spiro atoms. The molecule has 5 heteroatoms. The molecule has 2 aromatic rings. The Labute approximate surface area is 88.5 Å². The zero-order valence-corrected chi connectivity index (χ0v) is 9.01. The Morgan fingerprint density at radius 1 is 1.33 bits per heavy atom. The molecule has 0 saturated heterocycles. The Kier molecular flexibility index (Phi) is 2.45. The van der Waals surface area contributed by atoms with Gasteiger partial charge in [0.15, 0.2) is 0 Å². The van der Waals surface area contributed by atoms with Crippen LogP contribution in [-0.2, 0) is 13.1 Å². The van der Waals surface area contributed by atoms with Crippen LogP contribution in [0.3, 0.4) is 0 Å². The molecule has 0 amide bonds. The van der Waals surface area contributed by atoms with Gasteiger partial charge in [-0.15, -0.1) is 0 Å². The second-order valence-electron chi connectivity index (χ2n) is 3.57. The van der Waals surface area contributed by atoms with Crippen molar-refractivity contribution in [3.63, 3.8) is 0 Å². The highest BCUT2D eigenvalue weighted by Crippen LogP contribution is 2.11. The number of aromatic nitrogens is 4. The van der Waals surface area contributed by atoms with Gasteiger partial charge in [0, 0.05) is 23.9 Å². The summed E-state index contributed by atoms with van der Waals surface area (Å²) in [4.78, 5) is 0. The fraction of sp³-hybridized carbons (Fsp3) is 0.400. The predicted octanol–water partition coefficient (Wildman–Crippen LogP) is 1.04. The van der Waals surface area contributed by atoms with E-state index < -0.39 is 0 Å². The van der Waals surface area contributed by atoms with Gasteiger partial charge < -0.3 is 5.73 Å². The van der Waals surface area contributed by atoms with Gasteiger partial charge in [-0.3, -0.25) is 4.68 Å². The number of nitrogen functional groups attached to an aromatic ring is 1. The van der Waals surface area contributed by atoms with Crippen LogP contribution in [-0.4, -0.2) is 19.6 Å². The number of hydrogen-bond acceptors (Lipinski definition) is 3. The lowest BCUT2D eigenvalue weighted by molar-refractivity contribution is 0.655. The highest BCUT2D eigenvalue weighted by Gasteiger charge is 2.04. The van der Waals surface area contributed by atoms with Gasteiger partial charge in [0.05, 0.1) is 18.9 Å². The first-order valence-corrected chi connectivity index (χ1v) is 5.00. The van der Waals surface area contributed by atoms with Crippen molar-refractivity contribution in [3.8, 4) is 0 Å². The van der Waals surface area contributed by atoms with Crippen LogP contribution in [0.15, 0.2) is 18.6 Å². The molecule has 15 heavy (non-hydrogen) atoms. The van der Waals surface area contributed by atoms with Crippen LogP contribution in [0.25, 0.3) is 0 Å². The van der Waals surface area contributed by atoms with Crippen molar-refractivity contribution in [1.29, 1.82) is 0 Å². The van der Waals surface area contributed by atoms with E-state index in [9.17, 15) is 0 Å². The summed E-state index contributed by atoms with van der Waals surface area (Å²) >= 11 is 0. The van der Waals surface area contributed by atoms with Crippen molar-refractivity contribution < 1.29 is 0 Å². The van der Waals surface area contributed by atoms with Crippen molar-refractivity contribution in [2.75, 3.05) is 5.73 Å². The zero-order valence-electron chi connectivity index (χ0n) is 9.01. The molecule has 0 unspecified atom stereocenters. The third kappa shape index (κ3) is 1.86. The maximum Gasteiger partial charge on any atom is 0.124 e. The molecule has 80 valence electrons. The Hall–Kier alpha value is -1.78. The summed E-state index contributed by atoms with van der Waals surface area (Å²) in [6, 6.07) is 0. The molecule has 5 nitrogen and oxygen atoms in total. The van der Waals surface area contributed by atoms with Gasteiger partial charge in [-0.2, -0.15) is 10.2 Å². The second kappa shape index (κ2) is 3.76. The van der Waals surface area contributed by atoms with Gasteiger partial charge in [-0.1, -0.05) is 0 Å². The summed E-state index contributed by atoms with van der Waals surface area (Å²) in [5.41, 5.74) is 7.99. The normalized spacial score (nSPS) is 10.8. The molecule has 0 aliphatic carbocycles. The number of anilines is 1. The van der Waals surface area contributed by atoms with Crippen molar-refractivity contribution in [1.82, 2.24) is 19.6 Å². The van der Waals surface area contributed by atoms with Crippen molar-refractivity contribution in [3.05, 3.63) is 29.7 Å². The molecular formula is C10H15N5. The van der Waals surface area contributed by atoms with Crippen LogP contribution in [0.1, 0.15) is 18.1 Å². The molecule has 0 aliphatic heterocycles. The van der Waals surface area contributed by atoms with Gasteiger partial charge in [-0.05, 0) is 13.8 Å². The zero-order chi connectivity index (χ0) is 10.8. The van der Waals surface area contributed by atoms with Crippen LogP contribution in [0.2, 0.25) is 0 Å². The van der Waals surface area contributed by atoms with E-state index >= 15 is 0 Å². The SMILES string of the molecule is CCn1cc(Cn2ncc(C)c2N)cn1. The summed E-state index contributed by atoms with van der Waals surface area (Å²) in [5, 5.41) is 8.40. The van der Waals surface area contributed by atoms with Gasteiger partial charge in [0.1, 0.15) is 5.82 Å². The summed E-state index contributed by atoms with van der Waals surface area (Å²) in [7, 11) is 0. The Balaban J connectivity index is 2.18. The molecule has 2 aromatic heterocycles. The highest BCUT2D eigenvalue weighted by atomic mass is 15.3. The molecule has 0 bridgehead atoms. The lowest BCUT2D eigenvalue weighted by Gasteiger charge is -2.01. The van der Waals surface area contributed by atoms with E-state index in [-0.39, 0.29) is 0 Å². The van der Waals surface area contributed by atoms with Crippen LogP contribution in [0, 0.1) is 6.92 Å². The van der Waals surface area contributed by atoms with E-state index in [0.29, 0.717) is 6.54 Å². The third-order valence-electron chi connectivity index (χ3n) is 2.42. The lowest BCUT2D eigenvalue weighted by Crippen LogP contribution is -2.05. The molecule has 0 aliphatic rings. The first-order chi connectivity index (χ1) is 7.20. The largest absolute Gasteiger partial charge is 0.384 e. The number of nitrogens with two attached hydrogens (primary N) is 1. The van der Waals surface area contributed by atoms with E-state index in [0.717, 1.165) is 23.5 Å². The van der Waals surface area contributed by atoms with Crippen LogP contribution < -0.4 is 5.73 Å². The Bertz CT molecular complexity index is 454. The molecule has 0 atom stereocenters. The van der Waals surface area contributed by atoms with Crippen molar-refractivity contribution >= 4 is 5.82 Å². The molecule has 2 rings (SSSR count). The van der Waals surface area contributed by atoms with Crippen molar-refractivity contribution in [2.45, 2.75) is 26.9 Å². The minimum Gasteiger partial charge on any atom is -0.384 e. The summed E-state index contributed by atoms with van der Waals surface area (Å²) in [6.45, 7) is 5.57. The second-order valence-corrected chi connectivity index (χ2v) is 3.57. The number of hydrogen-bond donors (Lipinski definition) is 1. The monoisotopic (exact) mass is 205 g/mol. The van der Waals surface area contributed by atoms with Gasteiger partial charge in [-0.25, -0.2) is 4.68 Å². The van der Waals surface area contributed by atoms with Gasteiger partial charge >= 0.3 is 0 Å². The average Bonchev–Trinajstić information content (AvgIpc) is 2.80. The van der Waals surface area contributed by atoms with E-state index in [4.69, 9.17) is 5.73 Å². The maximum atomic E-state index is 5.86. The smallest absolute Gasteiger partial charge is 0.124 e. The number of aryl methyl sites for hydroxylation is 2. The lowest BCUT2D eigenvalue weighted by atomic mass is 10.3. The summed E-state index contributed by atoms with van der Waals surface area (Å²) in [6.07, 6.45) is 5.63. The van der Waals surface area contributed by atoms with Crippen molar-refractivity contribution in [2.24, 2.45) is 0 Å². The molecule has 2 heterocycles. The highest BCUT2D eigenvalue weighted by molar-refractivity contribution is 5.37. The molecule has 2 N–H and O–H groups in total. The van der Waals surface area contributed by atoms with Crippen LogP contribution in [0.5, 0.6) is 0 Å². The van der Waals surface area contributed by atoms with E-state index in [1.165, 1.54) is 0 Å². The quantitative estimate of drug-likeness (QED) is 0.814. The van der Waals surface area contributed by atoms with Gasteiger partial charge in [0.25, 0.3) is 0 Å². The minimum absolute atomic E-state index is 0.680. The minimum atomic E-state index is 0.680. The van der Waals surface area contributed by atoms with Gasteiger partial charge in [0.2, 0.25) is 0 Å². The summed E-state index contributed by atoms with van der Waals surface area (Å²) in [5.74, 6) is 0.722. The maximum absolute atomic E-state index is 5.86. The number of rotatable bonds is 3. The Morgan fingerprint density at radius 2 is 2.13 bits per heavy atom. The molecule has 0 fully saturated rings. The van der Waals surface area contributed by atoms with E-state index in [1.807, 2.05) is 24.0 Å². The topological polar surface area (TPSA) is 61.7 Å². The van der Waals surface area contributed by atoms with E-state index in [2.05, 4.69) is 17.1 Å². The molecule has 0 aromatic carbocycles. The predicted molar refractivity (Wildman–Crippen MR) is 58.4 cm³/mol. The third-order valence-corrected chi connectivity index (χ3v) is 2.42. The Morgan fingerprint density at radius 3 is 2.67 bits per heavy atom. The average molecular weight is 205 g/mol. The first-order valence-electron chi connectivity index (χ1n) is 5.00. The number of nitrogens with zero attached hydrogens (tertiary/aromatic N) is 4. The fourth-order valence-electron chi connectivity index (χ4n) is 1.45. The molecule has 0 saturated carbocycles. The fourth-order valence-corrected chi connectivity index (χ4v) is 1.45. The van der Waals surface area contributed by atoms with Crippen LogP contribution in [0.4, 0.5) is 5.82 Å². The summed E-state index contributed by atoms with van der Waals surface area (Å²) < 4.78 is 3.67. The van der Waals surface area contributed by atoms with Crippen LogP contribution >= 0.6 is 0 Å².